The summed E-state index contributed by atoms with van der Waals surface area (Å²) in [6.45, 7) is 4.80. The molecule has 2 unspecified atom stereocenters. The number of aryl methyl sites for hydroxylation is 1. The van der Waals surface area contributed by atoms with Gasteiger partial charge in [-0.15, -0.1) is 0 Å². The van der Waals surface area contributed by atoms with Crippen molar-refractivity contribution in [2.75, 3.05) is 18.5 Å². The molecular formula is C15H18BrN3O. The minimum absolute atomic E-state index is 0.0203. The Balaban J connectivity index is 2.44. The molecule has 0 radical (unpaired) electrons. The average Bonchev–Trinajstić information content (AvgIpc) is 2.38. The van der Waals surface area contributed by atoms with E-state index in [0.717, 1.165) is 15.7 Å². The molecule has 1 aromatic carbocycles. The summed E-state index contributed by atoms with van der Waals surface area (Å²) in [6, 6.07) is 7.96. The van der Waals surface area contributed by atoms with Crippen molar-refractivity contribution in [1.82, 2.24) is 4.90 Å². The third-order valence-electron chi connectivity index (χ3n) is 3.73. The van der Waals surface area contributed by atoms with Crippen molar-refractivity contribution in [3.63, 3.8) is 0 Å². The third-order valence-corrected chi connectivity index (χ3v) is 4.22. The molecule has 0 aliphatic carbocycles. The highest BCUT2D eigenvalue weighted by Gasteiger charge is 2.37. The Labute approximate surface area is 128 Å². The number of nitriles is 1. The van der Waals surface area contributed by atoms with Gasteiger partial charge in [0, 0.05) is 29.8 Å². The lowest BCUT2D eigenvalue weighted by atomic mass is 10.0. The minimum Gasteiger partial charge on any atom is -0.354 e. The van der Waals surface area contributed by atoms with E-state index in [1.54, 1.807) is 11.9 Å². The molecule has 1 heterocycles. The van der Waals surface area contributed by atoms with Crippen LogP contribution in [0.5, 0.6) is 0 Å². The van der Waals surface area contributed by atoms with E-state index in [0.29, 0.717) is 6.54 Å². The number of nitrogens with zero attached hydrogens (tertiary/aromatic N) is 3. The van der Waals surface area contributed by atoms with Crippen LogP contribution in [0.1, 0.15) is 18.9 Å². The van der Waals surface area contributed by atoms with Crippen molar-refractivity contribution >= 4 is 27.5 Å². The molecule has 0 N–H and O–H groups in total. The van der Waals surface area contributed by atoms with Crippen LogP contribution in [0.15, 0.2) is 22.7 Å². The fourth-order valence-electron chi connectivity index (χ4n) is 2.84. The van der Waals surface area contributed by atoms with Gasteiger partial charge >= 0.3 is 0 Å². The molecule has 0 aromatic heterocycles. The quantitative estimate of drug-likeness (QED) is 0.834. The number of carbonyl (C=O) groups excluding carboxylic acids is 1. The summed E-state index contributed by atoms with van der Waals surface area (Å²) >= 11 is 3.46. The molecule has 0 spiro atoms. The van der Waals surface area contributed by atoms with Crippen molar-refractivity contribution < 1.29 is 4.79 Å². The Hall–Kier alpha value is -1.54. The number of halogens is 1. The number of benzene rings is 1. The van der Waals surface area contributed by atoms with E-state index in [9.17, 15) is 4.79 Å². The maximum atomic E-state index is 12.3. The van der Waals surface area contributed by atoms with Gasteiger partial charge in [0.25, 0.3) is 0 Å². The molecular weight excluding hydrogens is 318 g/mol. The number of amides is 1. The summed E-state index contributed by atoms with van der Waals surface area (Å²) in [5, 5.41) is 9.03. The SMILES string of the molecule is Cc1cc(Br)ccc1N1C(C)CN(C)C(=O)C1CC#N. The first kappa shape index (κ1) is 14.9. The van der Waals surface area contributed by atoms with E-state index in [1.807, 2.05) is 25.1 Å². The minimum atomic E-state index is -0.395. The lowest BCUT2D eigenvalue weighted by Crippen LogP contribution is -2.60. The molecule has 0 bridgehead atoms. The van der Waals surface area contributed by atoms with Crippen molar-refractivity contribution in [3.8, 4) is 6.07 Å². The fourth-order valence-corrected chi connectivity index (χ4v) is 3.32. The van der Waals surface area contributed by atoms with E-state index in [-0.39, 0.29) is 18.4 Å². The first-order valence-electron chi connectivity index (χ1n) is 6.62. The van der Waals surface area contributed by atoms with Crippen LogP contribution in [0.4, 0.5) is 5.69 Å². The van der Waals surface area contributed by atoms with Gasteiger partial charge in [-0.1, -0.05) is 15.9 Å². The van der Waals surface area contributed by atoms with Gasteiger partial charge in [-0.2, -0.15) is 5.26 Å². The first-order valence-corrected chi connectivity index (χ1v) is 7.41. The second-order valence-electron chi connectivity index (χ2n) is 5.28. The van der Waals surface area contributed by atoms with Crippen LogP contribution in [-0.4, -0.2) is 36.5 Å². The molecule has 4 nitrogen and oxygen atoms in total. The zero-order valence-corrected chi connectivity index (χ0v) is 13.5. The molecule has 1 aliphatic rings. The van der Waals surface area contributed by atoms with E-state index in [2.05, 4.69) is 33.8 Å². The van der Waals surface area contributed by atoms with E-state index in [4.69, 9.17) is 5.26 Å². The molecule has 1 aliphatic heterocycles. The van der Waals surface area contributed by atoms with Crippen LogP contribution in [0.25, 0.3) is 0 Å². The van der Waals surface area contributed by atoms with Gasteiger partial charge < -0.3 is 9.80 Å². The monoisotopic (exact) mass is 335 g/mol. The van der Waals surface area contributed by atoms with Crippen LogP contribution in [0.2, 0.25) is 0 Å². The van der Waals surface area contributed by atoms with Crippen molar-refractivity contribution in [2.45, 2.75) is 32.4 Å². The van der Waals surface area contributed by atoms with Crippen LogP contribution >= 0.6 is 15.9 Å². The zero-order chi connectivity index (χ0) is 14.9. The average molecular weight is 336 g/mol. The maximum Gasteiger partial charge on any atom is 0.246 e. The molecule has 1 amide bonds. The first-order chi connectivity index (χ1) is 9.45. The molecule has 2 atom stereocenters. The van der Waals surface area contributed by atoms with E-state index >= 15 is 0 Å². The normalized spacial score (nSPS) is 22.9. The molecule has 20 heavy (non-hydrogen) atoms. The second-order valence-corrected chi connectivity index (χ2v) is 6.20. The molecule has 1 saturated heterocycles. The highest BCUT2D eigenvalue weighted by molar-refractivity contribution is 9.10. The number of rotatable bonds is 2. The highest BCUT2D eigenvalue weighted by Crippen LogP contribution is 2.30. The molecule has 2 rings (SSSR count). The molecule has 1 fully saturated rings. The van der Waals surface area contributed by atoms with Gasteiger partial charge in [-0.05, 0) is 37.6 Å². The predicted molar refractivity (Wildman–Crippen MR) is 82.5 cm³/mol. The number of hydrogen-bond donors (Lipinski definition) is 0. The summed E-state index contributed by atoms with van der Waals surface area (Å²) in [6.07, 6.45) is 0.211. The summed E-state index contributed by atoms with van der Waals surface area (Å²) in [5.41, 5.74) is 2.13. The number of anilines is 1. The van der Waals surface area contributed by atoms with Crippen molar-refractivity contribution in [1.29, 1.82) is 5.26 Å². The van der Waals surface area contributed by atoms with Gasteiger partial charge in [-0.25, -0.2) is 0 Å². The number of carbonyl (C=O) groups is 1. The van der Waals surface area contributed by atoms with Gasteiger partial charge in [0.05, 0.1) is 12.5 Å². The van der Waals surface area contributed by atoms with Gasteiger partial charge in [-0.3, -0.25) is 4.79 Å². The van der Waals surface area contributed by atoms with Crippen LogP contribution in [-0.2, 0) is 4.79 Å². The van der Waals surface area contributed by atoms with E-state index < -0.39 is 6.04 Å². The number of likely N-dealkylation sites (N-methyl/N-ethyl adjacent to an activating group) is 1. The third kappa shape index (κ3) is 2.66. The number of hydrogen-bond acceptors (Lipinski definition) is 3. The fraction of sp³-hybridized carbons (Fsp3) is 0.467. The summed E-state index contributed by atoms with van der Waals surface area (Å²) < 4.78 is 1.02. The van der Waals surface area contributed by atoms with Gasteiger partial charge in [0.1, 0.15) is 6.04 Å². The van der Waals surface area contributed by atoms with Crippen molar-refractivity contribution in [2.24, 2.45) is 0 Å². The predicted octanol–water partition coefficient (Wildman–Crippen LogP) is 2.71. The smallest absolute Gasteiger partial charge is 0.246 e. The Morgan fingerprint density at radius 1 is 1.50 bits per heavy atom. The van der Waals surface area contributed by atoms with Crippen LogP contribution < -0.4 is 4.90 Å². The Morgan fingerprint density at radius 2 is 2.20 bits per heavy atom. The van der Waals surface area contributed by atoms with Crippen molar-refractivity contribution in [3.05, 3.63) is 28.2 Å². The zero-order valence-electron chi connectivity index (χ0n) is 11.9. The Kier molecular flexibility index (Phi) is 4.34. The molecule has 5 heteroatoms. The van der Waals surface area contributed by atoms with Gasteiger partial charge in [0.2, 0.25) is 5.91 Å². The second kappa shape index (κ2) is 5.84. The highest BCUT2D eigenvalue weighted by atomic mass is 79.9. The Morgan fingerprint density at radius 3 is 2.80 bits per heavy atom. The maximum absolute atomic E-state index is 12.3. The summed E-state index contributed by atoms with van der Waals surface area (Å²) in [5.74, 6) is 0.0203. The largest absolute Gasteiger partial charge is 0.354 e. The molecule has 1 aromatic rings. The number of piperazine rings is 1. The van der Waals surface area contributed by atoms with E-state index in [1.165, 1.54) is 0 Å². The van der Waals surface area contributed by atoms with Crippen LogP contribution in [0.3, 0.4) is 0 Å². The molecule has 0 saturated carbocycles. The lowest BCUT2D eigenvalue weighted by molar-refractivity contribution is -0.133. The van der Waals surface area contributed by atoms with Gasteiger partial charge in [0.15, 0.2) is 0 Å². The lowest BCUT2D eigenvalue weighted by Gasteiger charge is -2.45. The Bertz CT molecular complexity index is 567. The van der Waals surface area contributed by atoms with Crippen LogP contribution in [0, 0.1) is 18.3 Å². The summed E-state index contributed by atoms with van der Waals surface area (Å²) in [7, 11) is 1.80. The summed E-state index contributed by atoms with van der Waals surface area (Å²) in [4.78, 5) is 16.2. The topological polar surface area (TPSA) is 47.3 Å². The standard InChI is InChI=1S/C15H18BrN3O/c1-10-8-12(16)4-5-13(10)19-11(2)9-18(3)15(20)14(19)6-7-17/h4-5,8,11,14H,6,9H2,1-3H3. The molecule has 106 valence electrons.